The van der Waals surface area contributed by atoms with E-state index in [9.17, 15) is 22.0 Å². The molecule has 1 saturated carbocycles. The highest BCUT2D eigenvalue weighted by molar-refractivity contribution is 5.64. The first-order valence-corrected chi connectivity index (χ1v) is 10.4. The normalized spacial score (nSPS) is 25.8. The Morgan fingerprint density at radius 1 is 1.19 bits per heavy atom. The molecule has 1 aliphatic heterocycles. The maximum atomic E-state index is 13.2. The van der Waals surface area contributed by atoms with Gasteiger partial charge in [0, 0.05) is 42.5 Å². The van der Waals surface area contributed by atoms with Crippen LogP contribution in [0, 0.1) is 5.92 Å². The number of rotatable bonds is 5. The summed E-state index contributed by atoms with van der Waals surface area (Å²) in [5, 5.41) is 4.21. The van der Waals surface area contributed by atoms with Crippen LogP contribution in [0.4, 0.5) is 27.8 Å². The average Bonchev–Trinajstić information content (AvgIpc) is 3.07. The summed E-state index contributed by atoms with van der Waals surface area (Å²) < 4.78 is 72.7. The summed E-state index contributed by atoms with van der Waals surface area (Å²) >= 11 is 0. The van der Waals surface area contributed by atoms with Gasteiger partial charge in [0.1, 0.15) is 12.4 Å². The standard InChI is InChI=1S/C21H22F5N5O/c22-18(23)10-31-17(19-13-6-12(7-14(13)19)30-1-3-32-4-2-30)8-16(29-31)11-5-15(21(24,25)26)20(27)28-9-11/h5-6,8-9,12,14,18-19H,1-4,7,10H2,(H2,27,28)/t12-,14-,19-/m1/s1. The Bertz CT molecular complexity index is 1040. The number of nitrogens with two attached hydrogens (primary N) is 1. The minimum atomic E-state index is -4.67. The molecule has 172 valence electrons. The van der Waals surface area contributed by atoms with Crippen LogP contribution < -0.4 is 5.73 Å². The summed E-state index contributed by atoms with van der Waals surface area (Å²) in [6, 6.07) is 2.78. The zero-order chi connectivity index (χ0) is 22.6. The molecule has 6 nitrogen and oxygen atoms in total. The third-order valence-electron chi connectivity index (χ3n) is 6.44. The lowest BCUT2D eigenvalue weighted by atomic mass is 10.1. The van der Waals surface area contributed by atoms with Crippen LogP contribution >= 0.6 is 0 Å². The Morgan fingerprint density at radius 2 is 1.94 bits per heavy atom. The number of allylic oxidation sites excluding steroid dienone is 1. The molecule has 2 N–H and O–H groups in total. The number of morpholine rings is 1. The number of pyridine rings is 1. The molecule has 0 unspecified atom stereocenters. The predicted octanol–water partition coefficient (Wildman–Crippen LogP) is 3.56. The largest absolute Gasteiger partial charge is 0.419 e. The molecule has 1 saturated heterocycles. The lowest BCUT2D eigenvalue weighted by Crippen LogP contribution is -2.42. The van der Waals surface area contributed by atoms with Crippen molar-refractivity contribution in [3.8, 4) is 11.3 Å². The third-order valence-corrected chi connectivity index (χ3v) is 6.44. The van der Waals surface area contributed by atoms with E-state index in [1.54, 1.807) is 6.07 Å². The first-order chi connectivity index (χ1) is 15.2. The van der Waals surface area contributed by atoms with E-state index < -0.39 is 30.5 Å². The summed E-state index contributed by atoms with van der Waals surface area (Å²) in [6.45, 7) is 2.52. The first kappa shape index (κ1) is 21.3. The lowest BCUT2D eigenvalue weighted by molar-refractivity contribution is -0.137. The number of anilines is 1. The first-order valence-electron chi connectivity index (χ1n) is 10.4. The van der Waals surface area contributed by atoms with Crippen molar-refractivity contribution in [1.82, 2.24) is 19.7 Å². The van der Waals surface area contributed by atoms with Crippen LogP contribution in [-0.2, 0) is 17.5 Å². The molecule has 5 rings (SSSR count). The quantitative estimate of drug-likeness (QED) is 0.552. The summed E-state index contributed by atoms with van der Waals surface area (Å²) in [5.41, 5.74) is 6.36. The number of fused-ring (bicyclic) bond motifs is 1. The highest BCUT2D eigenvalue weighted by Gasteiger charge is 2.52. The van der Waals surface area contributed by atoms with Crippen molar-refractivity contribution < 1.29 is 26.7 Å². The summed E-state index contributed by atoms with van der Waals surface area (Å²) in [7, 11) is 0. The molecule has 0 amide bonds. The predicted molar refractivity (Wildman–Crippen MR) is 106 cm³/mol. The summed E-state index contributed by atoms with van der Waals surface area (Å²) in [6.07, 6.45) is -3.02. The van der Waals surface area contributed by atoms with Crippen LogP contribution in [0.15, 0.2) is 30.0 Å². The number of nitrogens with zero attached hydrogens (tertiary/aromatic N) is 4. The number of aromatic nitrogens is 3. The number of nitrogen functional groups attached to an aromatic ring is 1. The molecule has 0 aromatic carbocycles. The summed E-state index contributed by atoms with van der Waals surface area (Å²) in [4.78, 5) is 6.00. The molecular formula is C21H22F5N5O. The van der Waals surface area contributed by atoms with Gasteiger partial charge in [-0.05, 0) is 24.5 Å². The monoisotopic (exact) mass is 455 g/mol. The maximum Gasteiger partial charge on any atom is 0.419 e. The van der Waals surface area contributed by atoms with E-state index in [1.807, 2.05) is 0 Å². The second-order valence-electron chi connectivity index (χ2n) is 8.38. The highest BCUT2D eigenvalue weighted by Crippen LogP contribution is 2.60. The second-order valence-corrected chi connectivity index (χ2v) is 8.38. The van der Waals surface area contributed by atoms with Crippen LogP contribution in [0.25, 0.3) is 11.3 Å². The summed E-state index contributed by atoms with van der Waals surface area (Å²) in [5.74, 6) is -0.417. The van der Waals surface area contributed by atoms with E-state index in [1.165, 1.54) is 16.5 Å². The van der Waals surface area contributed by atoms with E-state index in [-0.39, 0.29) is 23.1 Å². The van der Waals surface area contributed by atoms with E-state index in [0.717, 1.165) is 25.6 Å². The van der Waals surface area contributed by atoms with Gasteiger partial charge in [0.15, 0.2) is 0 Å². The lowest BCUT2D eigenvalue weighted by Gasteiger charge is -2.32. The molecule has 3 aliphatic rings. The van der Waals surface area contributed by atoms with Gasteiger partial charge in [-0.2, -0.15) is 18.3 Å². The Labute approximate surface area is 180 Å². The minimum absolute atomic E-state index is 0.0314. The number of ether oxygens (including phenoxy) is 1. The van der Waals surface area contributed by atoms with Crippen LogP contribution in [0.1, 0.15) is 23.6 Å². The third kappa shape index (κ3) is 3.88. The Hall–Kier alpha value is -2.53. The van der Waals surface area contributed by atoms with Crippen molar-refractivity contribution >= 4 is 5.82 Å². The van der Waals surface area contributed by atoms with Gasteiger partial charge in [0.05, 0.1) is 24.5 Å². The number of alkyl halides is 5. The Morgan fingerprint density at radius 3 is 2.56 bits per heavy atom. The van der Waals surface area contributed by atoms with Gasteiger partial charge in [0.2, 0.25) is 0 Å². The van der Waals surface area contributed by atoms with Gasteiger partial charge in [-0.15, -0.1) is 0 Å². The SMILES string of the molecule is Nc1ncc(-c2cc([C@@H]3C4=C[C@@H](N5CCOCC5)C[C@H]43)n(CC(F)F)n2)cc1C(F)(F)F. The topological polar surface area (TPSA) is 69.2 Å². The molecule has 2 aliphatic carbocycles. The molecule has 3 atom stereocenters. The zero-order valence-electron chi connectivity index (χ0n) is 17.0. The molecule has 11 heteroatoms. The van der Waals surface area contributed by atoms with E-state index in [2.05, 4.69) is 21.1 Å². The molecule has 32 heavy (non-hydrogen) atoms. The van der Waals surface area contributed by atoms with E-state index in [0.29, 0.717) is 24.9 Å². The smallest absolute Gasteiger partial charge is 0.383 e. The van der Waals surface area contributed by atoms with E-state index >= 15 is 0 Å². The van der Waals surface area contributed by atoms with Crippen LogP contribution in [0.5, 0.6) is 0 Å². The molecule has 2 fully saturated rings. The van der Waals surface area contributed by atoms with Gasteiger partial charge in [-0.25, -0.2) is 13.8 Å². The highest BCUT2D eigenvalue weighted by atomic mass is 19.4. The van der Waals surface area contributed by atoms with Crippen LogP contribution in [0.3, 0.4) is 0 Å². The van der Waals surface area contributed by atoms with Crippen molar-refractivity contribution in [2.75, 3.05) is 32.0 Å². The molecule has 0 radical (unpaired) electrons. The number of halogens is 5. The fourth-order valence-electron chi connectivity index (χ4n) is 4.87. The zero-order valence-corrected chi connectivity index (χ0v) is 17.0. The second kappa shape index (κ2) is 7.80. The van der Waals surface area contributed by atoms with Gasteiger partial charge in [0.25, 0.3) is 6.43 Å². The number of hydrogen-bond donors (Lipinski definition) is 1. The Balaban J connectivity index is 1.44. The molecular weight excluding hydrogens is 433 g/mol. The van der Waals surface area contributed by atoms with Crippen molar-refractivity contribution in [2.45, 2.75) is 37.5 Å². The molecule has 2 aromatic rings. The van der Waals surface area contributed by atoms with Gasteiger partial charge >= 0.3 is 6.18 Å². The van der Waals surface area contributed by atoms with E-state index in [4.69, 9.17) is 10.5 Å². The van der Waals surface area contributed by atoms with Gasteiger partial charge in [-0.3, -0.25) is 9.58 Å². The average molecular weight is 455 g/mol. The molecule has 0 spiro atoms. The van der Waals surface area contributed by atoms with Crippen molar-refractivity contribution in [1.29, 1.82) is 0 Å². The van der Waals surface area contributed by atoms with Crippen molar-refractivity contribution in [2.24, 2.45) is 5.92 Å². The fourth-order valence-corrected chi connectivity index (χ4v) is 4.87. The van der Waals surface area contributed by atoms with Gasteiger partial charge < -0.3 is 10.5 Å². The Kier molecular flexibility index (Phi) is 5.20. The molecule has 0 bridgehead atoms. The van der Waals surface area contributed by atoms with Crippen LogP contribution in [0.2, 0.25) is 0 Å². The van der Waals surface area contributed by atoms with Crippen LogP contribution in [-0.4, -0.2) is 58.4 Å². The molecule has 3 heterocycles. The molecule has 2 aromatic heterocycles. The van der Waals surface area contributed by atoms with Gasteiger partial charge in [-0.1, -0.05) is 11.6 Å². The van der Waals surface area contributed by atoms with Crippen molar-refractivity contribution in [3.63, 3.8) is 0 Å². The maximum absolute atomic E-state index is 13.2. The van der Waals surface area contributed by atoms with Crippen molar-refractivity contribution in [3.05, 3.63) is 41.2 Å². The fraction of sp³-hybridized carbons (Fsp3) is 0.524. The minimum Gasteiger partial charge on any atom is -0.383 e. The number of hydrogen-bond acceptors (Lipinski definition) is 5.